The van der Waals surface area contributed by atoms with E-state index in [-0.39, 0.29) is 40.8 Å². The summed E-state index contributed by atoms with van der Waals surface area (Å²) in [7, 11) is -1.71. The van der Waals surface area contributed by atoms with Crippen LogP contribution in [0, 0.1) is 116 Å². The molecule has 2 aromatic carbocycles. The Morgan fingerprint density at radius 2 is 0.633 bits per heavy atom. The molecule has 0 nitrogen and oxygen atoms in total. The van der Waals surface area contributed by atoms with Crippen molar-refractivity contribution in [2.24, 2.45) is 0 Å². The summed E-state index contributed by atoms with van der Waals surface area (Å²) in [4.78, 5) is 0. The summed E-state index contributed by atoms with van der Waals surface area (Å²) in [6.07, 6.45) is 0. The fraction of sp³-hybridized carbons (Fsp3) is 0.593. The summed E-state index contributed by atoms with van der Waals surface area (Å²) in [5.74, 6) is 0. The molecule has 0 aromatic heterocycles. The number of hydrogen-bond acceptors (Lipinski definition) is 0. The first-order chi connectivity index (χ1) is 12.8. The second-order valence-electron chi connectivity index (χ2n) is 11.1. The minimum Gasteiger partial charge on any atom is -0.327 e. The molecule has 2 rings (SSSR count). The van der Waals surface area contributed by atoms with E-state index in [1.807, 2.05) is 0 Å². The summed E-state index contributed by atoms with van der Waals surface area (Å²) in [5, 5.41) is 0. The largest absolute Gasteiger partial charge is 3.00 e. The van der Waals surface area contributed by atoms with E-state index < -0.39 is 16.1 Å². The van der Waals surface area contributed by atoms with Gasteiger partial charge in [-0.15, -0.1) is 16.1 Å². The fourth-order valence-corrected chi connectivity index (χ4v) is 14.5. The van der Waals surface area contributed by atoms with Gasteiger partial charge in [-0.05, 0) is 0 Å². The Morgan fingerprint density at radius 3 is 0.667 bits per heavy atom. The van der Waals surface area contributed by atoms with Gasteiger partial charge in [-0.3, -0.25) is 0 Å². The van der Waals surface area contributed by atoms with Gasteiger partial charge in [-0.2, -0.15) is 55.6 Å². The second kappa shape index (κ2) is 12.7. The van der Waals surface area contributed by atoms with E-state index in [9.17, 15) is 0 Å². The number of rotatable bonds is 2. The SMILES string of the molecule is C[Si](C)(C)[CH-][Si](C)(C)C.Cc1c(C)c(C)[c-](C)c1C.Cc1c(C)c(C)[c-](C)c1C.[Nd+3]. The maximum Gasteiger partial charge on any atom is 3.00 e. The molecule has 0 unspecified atom stereocenters. The predicted octanol–water partition coefficient (Wildman–Crippen LogP) is 8.84. The van der Waals surface area contributed by atoms with Crippen molar-refractivity contribution in [2.75, 3.05) is 0 Å². The van der Waals surface area contributed by atoms with Gasteiger partial charge in [0.05, 0.1) is 0 Å². The Morgan fingerprint density at radius 1 is 0.467 bits per heavy atom. The van der Waals surface area contributed by atoms with Gasteiger partial charge in [-0.25, -0.2) is 0 Å². The molecule has 0 spiro atoms. The van der Waals surface area contributed by atoms with E-state index in [0.717, 1.165) is 0 Å². The van der Waals surface area contributed by atoms with Gasteiger partial charge < -0.3 is 5.67 Å². The molecule has 3 heteroatoms. The number of hydrogen-bond donors (Lipinski definition) is 0. The molecular formula is C27H49NdSi2. The molecular weight excluding hydrogens is 525 g/mol. The van der Waals surface area contributed by atoms with Crippen molar-refractivity contribution >= 4 is 16.1 Å². The molecule has 0 saturated carbocycles. The van der Waals surface area contributed by atoms with Crippen molar-refractivity contribution in [3.05, 3.63) is 61.3 Å². The molecule has 169 valence electrons. The van der Waals surface area contributed by atoms with Crippen molar-refractivity contribution < 1.29 is 40.8 Å². The molecule has 30 heavy (non-hydrogen) atoms. The zero-order chi connectivity index (χ0) is 23.5. The quantitative estimate of drug-likeness (QED) is 0.249. The van der Waals surface area contributed by atoms with Gasteiger partial charge >= 0.3 is 40.8 Å². The van der Waals surface area contributed by atoms with Crippen LogP contribution >= 0.6 is 0 Å². The minimum absolute atomic E-state index is 0. The van der Waals surface area contributed by atoms with Crippen LogP contribution in [0.25, 0.3) is 0 Å². The van der Waals surface area contributed by atoms with Crippen LogP contribution in [0.2, 0.25) is 39.3 Å². The first-order valence-electron chi connectivity index (χ1n) is 11.1. The van der Waals surface area contributed by atoms with Gasteiger partial charge in [0.2, 0.25) is 0 Å². The van der Waals surface area contributed by atoms with Crippen molar-refractivity contribution in [1.29, 1.82) is 0 Å². The first kappa shape index (κ1) is 32.7. The fourth-order valence-electron chi connectivity index (χ4n) is 4.11. The summed E-state index contributed by atoms with van der Waals surface area (Å²) < 4.78 is 0. The van der Waals surface area contributed by atoms with E-state index in [1.165, 1.54) is 55.6 Å². The van der Waals surface area contributed by atoms with Crippen LogP contribution in [-0.4, -0.2) is 16.1 Å². The molecule has 2 aromatic rings. The molecule has 0 aliphatic heterocycles. The van der Waals surface area contributed by atoms with Crippen LogP contribution in [0.1, 0.15) is 55.6 Å². The zero-order valence-electron chi connectivity index (χ0n) is 23.1. The van der Waals surface area contributed by atoms with Crippen molar-refractivity contribution in [2.45, 2.75) is 109 Å². The van der Waals surface area contributed by atoms with Crippen LogP contribution in [-0.2, 0) is 0 Å². The molecule has 0 fully saturated rings. The normalized spacial score (nSPS) is 11.2. The molecule has 0 bridgehead atoms. The molecule has 0 saturated heterocycles. The average molecular weight is 574 g/mol. The van der Waals surface area contributed by atoms with Crippen molar-refractivity contribution in [3.63, 3.8) is 0 Å². The van der Waals surface area contributed by atoms with E-state index in [0.29, 0.717) is 0 Å². The van der Waals surface area contributed by atoms with Crippen LogP contribution in [0.15, 0.2) is 0 Å². The van der Waals surface area contributed by atoms with E-state index in [1.54, 1.807) is 0 Å². The molecule has 0 aliphatic carbocycles. The average Bonchev–Trinajstić information content (AvgIpc) is 2.83. The van der Waals surface area contributed by atoms with Gasteiger partial charge in [0.1, 0.15) is 0 Å². The summed E-state index contributed by atoms with van der Waals surface area (Å²) in [6.45, 7) is 36.4. The summed E-state index contributed by atoms with van der Waals surface area (Å²) in [5.41, 5.74) is 17.3. The Bertz CT molecular complexity index is 577. The van der Waals surface area contributed by atoms with E-state index in [2.05, 4.69) is 114 Å². The third-order valence-electron chi connectivity index (χ3n) is 6.49. The molecule has 1 radical (unpaired) electrons. The van der Waals surface area contributed by atoms with Gasteiger partial charge in [0, 0.05) is 0 Å². The monoisotopic (exact) mass is 571 g/mol. The van der Waals surface area contributed by atoms with Gasteiger partial charge in [-0.1, -0.05) is 109 Å². The van der Waals surface area contributed by atoms with Gasteiger partial charge in [0.25, 0.3) is 0 Å². The second-order valence-corrected chi connectivity index (χ2v) is 21.7. The molecule has 0 amide bonds. The maximum atomic E-state index is 2.65. The third-order valence-corrected chi connectivity index (χ3v) is 13.4. The van der Waals surface area contributed by atoms with E-state index >= 15 is 0 Å². The molecule has 0 heterocycles. The smallest absolute Gasteiger partial charge is 0.327 e. The Hall–Kier alpha value is 0.484. The minimum atomic E-state index is -0.856. The first-order valence-corrected chi connectivity index (χ1v) is 18.2. The van der Waals surface area contributed by atoms with Crippen LogP contribution in [0.4, 0.5) is 0 Å². The molecule has 0 aliphatic rings. The topological polar surface area (TPSA) is 0 Å². The Kier molecular flexibility index (Phi) is 13.8. The van der Waals surface area contributed by atoms with Crippen LogP contribution in [0.5, 0.6) is 0 Å². The maximum absolute atomic E-state index is 2.65. The summed E-state index contributed by atoms with van der Waals surface area (Å²) in [6, 6.07) is 0. The van der Waals surface area contributed by atoms with Crippen molar-refractivity contribution in [3.8, 4) is 0 Å². The molecule has 0 atom stereocenters. The van der Waals surface area contributed by atoms with Crippen LogP contribution in [0.3, 0.4) is 0 Å². The summed E-state index contributed by atoms with van der Waals surface area (Å²) >= 11 is 0. The molecule has 0 N–H and O–H groups in total. The van der Waals surface area contributed by atoms with Crippen molar-refractivity contribution in [1.82, 2.24) is 0 Å². The Labute approximate surface area is 224 Å². The van der Waals surface area contributed by atoms with Gasteiger partial charge in [0.15, 0.2) is 0 Å². The Balaban J connectivity index is 0. The predicted molar refractivity (Wildman–Crippen MR) is 142 cm³/mol. The standard InChI is InChI=1S/2C10H15.C7H19Si2.Nd/c2*1-6-7(2)9(4)10(5)8(6)3;1-8(2,3)7-9(4,5)6;/h2*1-5H3;7H,1-6H3;/q3*-1;+3. The van der Waals surface area contributed by atoms with Crippen LogP contribution < -0.4 is 0 Å². The third kappa shape index (κ3) is 9.96. The zero-order valence-corrected chi connectivity index (χ0v) is 28.3. The van der Waals surface area contributed by atoms with E-state index in [4.69, 9.17) is 0 Å².